The van der Waals surface area contributed by atoms with E-state index in [-0.39, 0.29) is 11.7 Å². The highest BCUT2D eigenvalue weighted by atomic mass is 16.5. The molecule has 1 amide bonds. The minimum atomic E-state index is 0.0891. The van der Waals surface area contributed by atoms with E-state index in [4.69, 9.17) is 4.74 Å². The maximum absolute atomic E-state index is 12.4. The van der Waals surface area contributed by atoms with Crippen molar-refractivity contribution in [2.24, 2.45) is 0 Å². The van der Waals surface area contributed by atoms with Crippen LogP contribution in [0.1, 0.15) is 52.7 Å². The maximum atomic E-state index is 12.4. The van der Waals surface area contributed by atoms with E-state index in [1.807, 2.05) is 32.9 Å². The molecule has 0 aliphatic heterocycles. The molecule has 0 saturated carbocycles. The molecule has 0 heterocycles. The standard InChI is InChI=1S/C19H29NO3/c1-14-12-15(2)19(16(3)13-14)17(21)8-6-9-18(22)20(4)10-7-11-23-5/h12-13H,6-11H2,1-5H3. The van der Waals surface area contributed by atoms with Gasteiger partial charge in [-0.05, 0) is 44.7 Å². The van der Waals surface area contributed by atoms with Crippen LogP contribution >= 0.6 is 0 Å². The normalized spacial score (nSPS) is 10.7. The van der Waals surface area contributed by atoms with Gasteiger partial charge in [-0.15, -0.1) is 0 Å². The summed E-state index contributed by atoms with van der Waals surface area (Å²) in [5, 5.41) is 0. The number of methoxy groups -OCH3 is 1. The van der Waals surface area contributed by atoms with E-state index in [1.54, 1.807) is 19.1 Å². The zero-order chi connectivity index (χ0) is 17.4. The molecular formula is C19H29NO3. The number of Topliss-reactive ketones (excluding diaryl/α,β-unsaturated/α-hetero) is 1. The SMILES string of the molecule is COCCCN(C)C(=O)CCCC(=O)c1c(C)cc(C)cc1C. The van der Waals surface area contributed by atoms with Crippen molar-refractivity contribution < 1.29 is 14.3 Å². The Hall–Kier alpha value is -1.68. The number of rotatable bonds is 9. The molecule has 0 saturated heterocycles. The fourth-order valence-corrected chi connectivity index (χ4v) is 2.91. The summed E-state index contributed by atoms with van der Waals surface area (Å²) in [5.41, 5.74) is 4.03. The number of hydrogen-bond acceptors (Lipinski definition) is 3. The van der Waals surface area contributed by atoms with Crippen molar-refractivity contribution in [3.05, 3.63) is 34.4 Å². The summed E-state index contributed by atoms with van der Waals surface area (Å²) in [6, 6.07) is 4.07. The van der Waals surface area contributed by atoms with Crippen LogP contribution in [0.3, 0.4) is 0 Å². The van der Waals surface area contributed by atoms with E-state index in [1.165, 1.54) is 5.56 Å². The lowest BCUT2D eigenvalue weighted by atomic mass is 9.94. The minimum Gasteiger partial charge on any atom is -0.385 e. The summed E-state index contributed by atoms with van der Waals surface area (Å²) in [6.45, 7) is 7.33. The van der Waals surface area contributed by atoms with E-state index >= 15 is 0 Å². The van der Waals surface area contributed by atoms with E-state index < -0.39 is 0 Å². The van der Waals surface area contributed by atoms with Crippen molar-refractivity contribution in [2.45, 2.75) is 46.5 Å². The molecule has 23 heavy (non-hydrogen) atoms. The predicted molar refractivity (Wildman–Crippen MR) is 93.0 cm³/mol. The number of ketones is 1. The number of benzene rings is 1. The molecule has 0 aliphatic rings. The highest BCUT2D eigenvalue weighted by Crippen LogP contribution is 2.19. The molecule has 0 aliphatic carbocycles. The van der Waals surface area contributed by atoms with Gasteiger partial charge in [0.25, 0.3) is 0 Å². The van der Waals surface area contributed by atoms with Crippen LogP contribution < -0.4 is 0 Å². The van der Waals surface area contributed by atoms with Crippen LogP contribution in [0.25, 0.3) is 0 Å². The Morgan fingerprint density at radius 1 is 1.04 bits per heavy atom. The highest BCUT2D eigenvalue weighted by Gasteiger charge is 2.14. The Morgan fingerprint density at radius 3 is 2.22 bits per heavy atom. The lowest BCUT2D eigenvalue weighted by Crippen LogP contribution is -2.28. The van der Waals surface area contributed by atoms with E-state index in [9.17, 15) is 9.59 Å². The molecule has 0 radical (unpaired) electrons. The third kappa shape index (κ3) is 6.14. The maximum Gasteiger partial charge on any atom is 0.222 e. The van der Waals surface area contributed by atoms with Crippen molar-refractivity contribution in [2.75, 3.05) is 27.3 Å². The van der Waals surface area contributed by atoms with E-state index in [2.05, 4.69) is 0 Å². The van der Waals surface area contributed by atoms with Gasteiger partial charge < -0.3 is 9.64 Å². The summed E-state index contributed by atoms with van der Waals surface area (Å²) in [4.78, 5) is 26.1. The van der Waals surface area contributed by atoms with Crippen LogP contribution in [0.2, 0.25) is 0 Å². The number of ether oxygens (including phenoxy) is 1. The lowest BCUT2D eigenvalue weighted by molar-refractivity contribution is -0.130. The van der Waals surface area contributed by atoms with Gasteiger partial charge in [0, 0.05) is 45.7 Å². The van der Waals surface area contributed by atoms with Crippen molar-refractivity contribution in [1.82, 2.24) is 4.90 Å². The molecule has 0 N–H and O–H groups in total. The Labute approximate surface area is 139 Å². The minimum absolute atomic E-state index is 0.0891. The van der Waals surface area contributed by atoms with Gasteiger partial charge in [-0.3, -0.25) is 9.59 Å². The van der Waals surface area contributed by atoms with E-state index in [0.29, 0.717) is 32.4 Å². The Balaban J connectivity index is 2.47. The zero-order valence-electron chi connectivity index (χ0n) is 15.1. The molecule has 0 unspecified atom stereocenters. The van der Waals surface area contributed by atoms with Gasteiger partial charge in [0.2, 0.25) is 5.91 Å². The van der Waals surface area contributed by atoms with Gasteiger partial charge in [-0.1, -0.05) is 17.7 Å². The first-order chi connectivity index (χ1) is 10.9. The Kier molecular flexibility index (Phi) is 7.96. The fraction of sp³-hybridized carbons (Fsp3) is 0.579. The van der Waals surface area contributed by atoms with Gasteiger partial charge in [0.15, 0.2) is 5.78 Å². The molecule has 128 valence electrons. The summed E-state index contributed by atoms with van der Waals surface area (Å²) in [6.07, 6.45) is 2.26. The average Bonchev–Trinajstić information content (AvgIpc) is 2.46. The summed E-state index contributed by atoms with van der Waals surface area (Å²) >= 11 is 0. The third-order valence-corrected chi connectivity index (χ3v) is 4.02. The molecule has 1 rings (SSSR count). The first-order valence-electron chi connectivity index (χ1n) is 8.20. The van der Waals surface area contributed by atoms with Gasteiger partial charge in [0.05, 0.1) is 0 Å². The number of aryl methyl sites for hydroxylation is 3. The predicted octanol–water partition coefficient (Wildman–Crippen LogP) is 3.46. The summed E-state index contributed by atoms with van der Waals surface area (Å²) < 4.78 is 4.98. The van der Waals surface area contributed by atoms with Crippen LogP contribution in [0.4, 0.5) is 0 Å². The Morgan fingerprint density at radius 2 is 1.65 bits per heavy atom. The lowest BCUT2D eigenvalue weighted by Gasteiger charge is -2.17. The van der Waals surface area contributed by atoms with Crippen LogP contribution in [-0.4, -0.2) is 43.9 Å². The molecule has 4 nitrogen and oxygen atoms in total. The molecule has 1 aromatic carbocycles. The van der Waals surface area contributed by atoms with Crippen molar-refractivity contribution in [3.8, 4) is 0 Å². The first-order valence-corrected chi connectivity index (χ1v) is 8.20. The number of hydrogen-bond donors (Lipinski definition) is 0. The van der Waals surface area contributed by atoms with Crippen molar-refractivity contribution in [3.63, 3.8) is 0 Å². The number of carbonyl (C=O) groups excluding carboxylic acids is 2. The van der Waals surface area contributed by atoms with Crippen molar-refractivity contribution >= 4 is 11.7 Å². The highest BCUT2D eigenvalue weighted by molar-refractivity contribution is 5.99. The van der Waals surface area contributed by atoms with Crippen LogP contribution in [0, 0.1) is 20.8 Å². The van der Waals surface area contributed by atoms with Gasteiger partial charge >= 0.3 is 0 Å². The molecule has 4 heteroatoms. The zero-order valence-corrected chi connectivity index (χ0v) is 15.1. The molecular weight excluding hydrogens is 290 g/mol. The second-order valence-corrected chi connectivity index (χ2v) is 6.21. The summed E-state index contributed by atoms with van der Waals surface area (Å²) in [7, 11) is 3.45. The first kappa shape index (κ1) is 19.4. The monoisotopic (exact) mass is 319 g/mol. The Bertz CT molecular complexity index is 529. The van der Waals surface area contributed by atoms with Gasteiger partial charge in [-0.25, -0.2) is 0 Å². The fourth-order valence-electron chi connectivity index (χ4n) is 2.91. The molecule has 0 fully saturated rings. The molecule has 0 atom stereocenters. The summed E-state index contributed by atoms with van der Waals surface area (Å²) in [5.74, 6) is 0.223. The molecule has 0 aromatic heterocycles. The van der Waals surface area contributed by atoms with Crippen molar-refractivity contribution in [1.29, 1.82) is 0 Å². The largest absolute Gasteiger partial charge is 0.385 e. The van der Waals surface area contributed by atoms with Crippen LogP contribution in [-0.2, 0) is 9.53 Å². The second kappa shape index (κ2) is 9.46. The second-order valence-electron chi connectivity index (χ2n) is 6.21. The van der Waals surface area contributed by atoms with Gasteiger partial charge in [0.1, 0.15) is 0 Å². The molecule has 0 bridgehead atoms. The number of nitrogens with zero attached hydrogens (tertiary/aromatic N) is 1. The van der Waals surface area contributed by atoms with Gasteiger partial charge in [-0.2, -0.15) is 0 Å². The van der Waals surface area contributed by atoms with Crippen LogP contribution in [0.5, 0.6) is 0 Å². The number of amides is 1. The van der Waals surface area contributed by atoms with E-state index in [0.717, 1.165) is 23.1 Å². The topological polar surface area (TPSA) is 46.6 Å². The molecule has 0 spiro atoms. The number of carbonyl (C=O) groups is 2. The van der Waals surface area contributed by atoms with Crippen LogP contribution in [0.15, 0.2) is 12.1 Å². The molecule has 1 aromatic rings. The third-order valence-electron chi connectivity index (χ3n) is 4.02. The average molecular weight is 319 g/mol. The quantitative estimate of drug-likeness (QED) is 0.517. The smallest absolute Gasteiger partial charge is 0.222 e.